The first kappa shape index (κ1) is 23.3. The normalized spacial score (nSPS) is 15.6. The Morgan fingerprint density at radius 3 is 2.00 bits per heavy atom. The lowest BCUT2D eigenvalue weighted by Gasteiger charge is -2.08. The van der Waals surface area contributed by atoms with Crippen molar-refractivity contribution in [3.8, 4) is 0 Å². The van der Waals surface area contributed by atoms with Crippen LogP contribution < -0.4 is 0 Å². The summed E-state index contributed by atoms with van der Waals surface area (Å²) in [6.07, 6.45) is 13.4. The zero-order valence-corrected chi connectivity index (χ0v) is 18.1. The third-order valence-corrected chi connectivity index (χ3v) is 5.61. The largest absolute Gasteiger partial charge is 0.445 e. The molecule has 160 valence electrons. The highest BCUT2D eigenvalue weighted by Gasteiger charge is 2.41. The second-order valence-corrected chi connectivity index (χ2v) is 8.16. The molecule has 0 radical (unpaired) electrons. The first-order chi connectivity index (χ1) is 14.1. The SMILES string of the molecule is CCCCCCCCCCCCc1ccc2c(c1)C(=O)C(OC(=O)CCC)C2=O. The van der Waals surface area contributed by atoms with Gasteiger partial charge < -0.3 is 4.74 Å². The van der Waals surface area contributed by atoms with Crippen LogP contribution in [0.2, 0.25) is 0 Å². The Labute approximate surface area is 175 Å². The molecule has 0 saturated carbocycles. The lowest BCUT2D eigenvalue weighted by atomic mass is 10.0. The van der Waals surface area contributed by atoms with Gasteiger partial charge in [0.05, 0.1) is 0 Å². The number of hydrogen-bond acceptors (Lipinski definition) is 4. The van der Waals surface area contributed by atoms with Crippen LogP contribution in [0.3, 0.4) is 0 Å². The minimum atomic E-state index is -1.28. The van der Waals surface area contributed by atoms with Crippen molar-refractivity contribution in [2.45, 2.75) is 103 Å². The maximum Gasteiger partial charge on any atom is 0.306 e. The van der Waals surface area contributed by atoms with Crippen molar-refractivity contribution in [1.29, 1.82) is 0 Å². The van der Waals surface area contributed by atoms with Crippen molar-refractivity contribution in [1.82, 2.24) is 0 Å². The van der Waals surface area contributed by atoms with E-state index in [-0.39, 0.29) is 18.0 Å². The van der Waals surface area contributed by atoms with Gasteiger partial charge in [-0.25, -0.2) is 0 Å². The summed E-state index contributed by atoms with van der Waals surface area (Å²) < 4.78 is 5.13. The molecule has 1 aromatic carbocycles. The van der Waals surface area contributed by atoms with Crippen LogP contribution in [-0.4, -0.2) is 23.6 Å². The molecule has 1 atom stereocenters. The average Bonchev–Trinajstić information content (AvgIpc) is 2.94. The van der Waals surface area contributed by atoms with Crippen molar-refractivity contribution in [3.05, 3.63) is 34.9 Å². The monoisotopic (exact) mass is 400 g/mol. The van der Waals surface area contributed by atoms with Gasteiger partial charge in [0, 0.05) is 17.5 Å². The highest BCUT2D eigenvalue weighted by atomic mass is 16.5. The van der Waals surface area contributed by atoms with Gasteiger partial charge in [0.1, 0.15) is 0 Å². The van der Waals surface area contributed by atoms with Crippen molar-refractivity contribution in [2.75, 3.05) is 0 Å². The summed E-state index contributed by atoms with van der Waals surface area (Å²) in [6, 6.07) is 5.46. The van der Waals surface area contributed by atoms with Crippen LogP contribution in [0.25, 0.3) is 0 Å². The Balaban J connectivity index is 1.73. The van der Waals surface area contributed by atoms with Gasteiger partial charge in [-0.05, 0) is 30.9 Å². The molecule has 0 heterocycles. The molecule has 0 aliphatic heterocycles. The van der Waals surface area contributed by atoms with Crippen molar-refractivity contribution in [2.24, 2.45) is 0 Å². The molecule has 29 heavy (non-hydrogen) atoms. The summed E-state index contributed by atoms with van der Waals surface area (Å²) in [5, 5.41) is 0. The molecule has 0 N–H and O–H groups in total. The highest BCUT2D eigenvalue weighted by molar-refractivity contribution is 6.29. The summed E-state index contributed by atoms with van der Waals surface area (Å²) in [7, 11) is 0. The molecule has 0 saturated heterocycles. The summed E-state index contributed by atoms with van der Waals surface area (Å²) in [5.41, 5.74) is 1.87. The van der Waals surface area contributed by atoms with E-state index < -0.39 is 12.1 Å². The van der Waals surface area contributed by atoms with Crippen LogP contribution in [0.4, 0.5) is 0 Å². The first-order valence-electron chi connectivity index (χ1n) is 11.5. The highest BCUT2D eigenvalue weighted by Crippen LogP contribution is 2.26. The van der Waals surface area contributed by atoms with E-state index >= 15 is 0 Å². The van der Waals surface area contributed by atoms with Crippen LogP contribution in [0.1, 0.15) is 117 Å². The number of hydrogen-bond donors (Lipinski definition) is 0. The fourth-order valence-corrected chi connectivity index (χ4v) is 3.89. The molecular formula is C25H36O4. The standard InChI is InChI=1S/C25H36O4/c1-3-5-6-7-8-9-10-11-12-13-15-19-16-17-20-21(18-19)24(28)25(23(20)27)29-22(26)14-4-2/h16-18,25H,3-15H2,1-2H3. The van der Waals surface area contributed by atoms with Gasteiger partial charge >= 0.3 is 5.97 Å². The number of ether oxygens (including phenoxy) is 1. The van der Waals surface area contributed by atoms with Crippen LogP contribution in [0.5, 0.6) is 0 Å². The molecule has 4 heteroatoms. The number of carbonyl (C=O) groups is 3. The minimum Gasteiger partial charge on any atom is -0.445 e. The minimum absolute atomic E-state index is 0.220. The quantitative estimate of drug-likeness (QED) is 0.211. The van der Waals surface area contributed by atoms with Crippen molar-refractivity contribution < 1.29 is 19.1 Å². The zero-order valence-electron chi connectivity index (χ0n) is 18.1. The van der Waals surface area contributed by atoms with E-state index in [1.165, 1.54) is 57.8 Å². The molecule has 1 aliphatic carbocycles. The lowest BCUT2D eigenvalue weighted by molar-refractivity contribution is -0.145. The Bertz CT molecular complexity index is 692. The molecule has 0 amide bonds. The number of aryl methyl sites for hydroxylation is 1. The number of esters is 1. The zero-order chi connectivity index (χ0) is 21.1. The molecule has 1 unspecified atom stereocenters. The molecule has 0 spiro atoms. The van der Waals surface area contributed by atoms with Gasteiger partial charge in [-0.1, -0.05) is 83.8 Å². The lowest BCUT2D eigenvalue weighted by Crippen LogP contribution is -2.28. The molecule has 1 aliphatic rings. The molecule has 1 aromatic rings. The third-order valence-electron chi connectivity index (χ3n) is 5.61. The van der Waals surface area contributed by atoms with E-state index in [2.05, 4.69) is 6.92 Å². The molecule has 0 fully saturated rings. The van der Waals surface area contributed by atoms with Gasteiger partial charge in [0.15, 0.2) is 0 Å². The second-order valence-electron chi connectivity index (χ2n) is 8.16. The predicted octanol–water partition coefficient (Wildman–Crippen LogP) is 6.24. The van der Waals surface area contributed by atoms with E-state index in [1.807, 2.05) is 19.1 Å². The first-order valence-corrected chi connectivity index (χ1v) is 11.5. The summed E-state index contributed by atoms with van der Waals surface area (Å²) in [4.78, 5) is 36.6. The smallest absolute Gasteiger partial charge is 0.306 e. The number of ketones is 2. The van der Waals surface area contributed by atoms with Crippen molar-refractivity contribution in [3.63, 3.8) is 0 Å². The molecule has 2 rings (SSSR count). The average molecular weight is 401 g/mol. The Kier molecular flexibility index (Phi) is 10.1. The summed E-state index contributed by atoms with van der Waals surface area (Å²) >= 11 is 0. The maximum absolute atomic E-state index is 12.5. The van der Waals surface area contributed by atoms with Gasteiger partial charge in [-0.15, -0.1) is 0 Å². The maximum atomic E-state index is 12.5. The van der Waals surface area contributed by atoms with Gasteiger partial charge in [-0.3, -0.25) is 14.4 Å². The van der Waals surface area contributed by atoms with E-state index in [9.17, 15) is 14.4 Å². The number of benzene rings is 1. The number of fused-ring (bicyclic) bond motifs is 1. The van der Waals surface area contributed by atoms with E-state index in [4.69, 9.17) is 4.74 Å². The second kappa shape index (κ2) is 12.6. The Morgan fingerprint density at radius 1 is 0.793 bits per heavy atom. The van der Waals surface area contributed by atoms with Gasteiger partial charge in [-0.2, -0.15) is 0 Å². The Hall–Kier alpha value is -1.97. The van der Waals surface area contributed by atoms with Crippen molar-refractivity contribution >= 4 is 17.5 Å². The topological polar surface area (TPSA) is 60.4 Å². The van der Waals surface area contributed by atoms with E-state index in [1.54, 1.807) is 6.07 Å². The number of carbonyl (C=O) groups excluding carboxylic acids is 3. The van der Waals surface area contributed by atoms with Crippen LogP contribution in [0, 0.1) is 0 Å². The van der Waals surface area contributed by atoms with Crippen LogP contribution >= 0.6 is 0 Å². The van der Waals surface area contributed by atoms with E-state index in [0.29, 0.717) is 17.5 Å². The predicted molar refractivity (Wildman–Crippen MR) is 115 cm³/mol. The fraction of sp³-hybridized carbons (Fsp3) is 0.640. The fourth-order valence-electron chi connectivity index (χ4n) is 3.89. The van der Waals surface area contributed by atoms with E-state index in [0.717, 1.165) is 18.4 Å². The molecule has 0 bridgehead atoms. The van der Waals surface area contributed by atoms with Crippen LogP contribution in [-0.2, 0) is 16.0 Å². The number of Topliss-reactive ketones (excluding diaryl/α,β-unsaturated/α-hetero) is 2. The number of rotatable bonds is 14. The summed E-state index contributed by atoms with van der Waals surface area (Å²) in [5.74, 6) is -1.25. The van der Waals surface area contributed by atoms with Crippen LogP contribution in [0.15, 0.2) is 18.2 Å². The number of unbranched alkanes of at least 4 members (excludes halogenated alkanes) is 9. The molecule has 0 aromatic heterocycles. The summed E-state index contributed by atoms with van der Waals surface area (Å²) in [6.45, 7) is 4.10. The third kappa shape index (κ3) is 7.09. The molecular weight excluding hydrogens is 364 g/mol. The van der Waals surface area contributed by atoms with Gasteiger partial charge in [0.25, 0.3) is 0 Å². The Morgan fingerprint density at radius 2 is 1.38 bits per heavy atom. The van der Waals surface area contributed by atoms with Gasteiger partial charge in [0.2, 0.25) is 17.7 Å². The molecule has 4 nitrogen and oxygen atoms in total.